The van der Waals surface area contributed by atoms with Crippen LogP contribution in [0.3, 0.4) is 0 Å². The van der Waals surface area contributed by atoms with Gasteiger partial charge in [-0.2, -0.15) is 0 Å². The highest BCUT2D eigenvalue weighted by Gasteiger charge is 2.66. The Labute approximate surface area is 279 Å². The number of anilines is 1. The molecule has 0 saturated carbocycles. The minimum atomic E-state index is -2.32. The summed E-state index contributed by atoms with van der Waals surface area (Å²) < 4.78 is 24.3. The molecule has 5 rings (SSSR count). The van der Waals surface area contributed by atoms with E-state index in [1.54, 1.807) is 12.1 Å². The van der Waals surface area contributed by atoms with Crippen LogP contribution in [0.25, 0.3) is 11.2 Å². The summed E-state index contributed by atoms with van der Waals surface area (Å²) in [5.74, 6) is 0.996. The summed E-state index contributed by atoms with van der Waals surface area (Å²) in [6.07, 6.45) is 1.15. The molecule has 0 radical (unpaired) electrons. The molecule has 1 fully saturated rings. The third-order valence-corrected chi connectivity index (χ3v) is 82.5. The SMILES string of the molecule is CC(C)(C)[Si](C)(C)O[C@H]1C[C@H]2O[C@H]1[C@@H](O[Si]([Si](C)(C)C)([Si](C)(C)C)[Si](C)(C)C)c1nc3c(NC(=O)c4ccccc4)ncnc3n12. The number of hydrogen-bond donors (Lipinski definition) is 1. The van der Waals surface area contributed by atoms with Crippen molar-refractivity contribution in [3.63, 3.8) is 0 Å². The summed E-state index contributed by atoms with van der Waals surface area (Å²) in [4.78, 5) is 27.7. The second-order valence-corrected chi connectivity index (χ2v) is 61.9. The van der Waals surface area contributed by atoms with Crippen LogP contribution in [0.1, 0.15) is 55.7 Å². The zero-order valence-electron chi connectivity index (χ0n) is 30.4. The normalized spacial score (nSPS) is 22.7. The van der Waals surface area contributed by atoms with Gasteiger partial charge < -0.3 is 18.9 Å². The zero-order valence-corrected chi connectivity index (χ0v) is 35.4. The van der Waals surface area contributed by atoms with Crippen molar-refractivity contribution in [3.8, 4) is 0 Å². The summed E-state index contributed by atoms with van der Waals surface area (Å²) in [6, 6.07) is 9.18. The maximum absolute atomic E-state index is 13.2. The second kappa shape index (κ2) is 11.7. The van der Waals surface area contributed by atoms with E-state index in [2.05, 4.69) is 108 Å². The summed E-state index contributed by atoms with van der Waals surface area (Å²) in [5, 5.41) is 3.07. The Morgan fingerprint density at radius 2 is 1.48 bits per heavy atom. The van der Waals surface area contributed by atoms with E-state index in [1.165, 1.54) is 6.33 Å². The second-order valence-electron chi connectivity index (χ2n) is 17.7. The van der Waals surface area contributed by atoms with Gasteiger partial charge in [-0.3, -0.25) is 9.36 Å². The molecule has 1 amide bonds. The lowest BCUT2D eigenvalue weighted by Gasteiger charge is -2.58. The predicted octanol–water partition coefficient (Wildman–Crippen LogP) is 8.02. The molecule has 0 aliphatic carbocycles. The number of nitrogens with zero attached hydrogens (tertiary/aromatic N) is 4. The van der Waals surface area contributed by atoms with Gasteiger partial charge >= 0.3 is 0 Å². The van der Waals surface area contributed by atoms with Crippen molar-refractivity contribution in [1.82, 2.24) is 19.5 Å². The van der Waals surface area contributed by atoms with Gasteiger partial charge in [-0.15, -0.1) is 0 Å². The number of hydrogen-bond acceptors (Lipinski definition) is 7. The molecule has 2 aliphatic heterocycles. The molecule has 0 spiro atoms. The van der Waals surface area contributed by atoms with E-state index in [9.17, 15) is 4.79 Å². The van der Waals surface area contributed by atoms with E-state index in [1.807, 2.05) is 18.2 Å². The minimum absolute atomic E-state index is 0.0624. The molecule has 2 aromatic heterocycles. The number of benzene rings is 1. The number of imidazole rings is 1. The molecule has 1 N–H and O–H groups in total. The summed E-state index contributed by atoms with van der Waals surface area (Å²) in [7, 11) is -7.58. The Bertz CT molecular complexity index is 1570. The van der Waals surface area contributed by atoms with Crippen molar-refractivity contribution in [2.24, 2.45) is 0 Å². The summed E-state index contributed by atoms with van der Waals surface area (Å²) in [6.45, 7) is 32.0. The Morgan fingerprint density at radius 3 is 2.02 bits per heavy atom. The lowest BCUT2D eigenvalue weighted by molar-refractivity contribution is -0.100. The van der Waals surface area contributed by atoms with E-state index in [0.717, 1.165) is 5.82 Å². The van der Waals surface area contributed by atoms with Crippen LogP contribution in [0.2, 0.25) is 77.1 Å². The smallest absolute Gasteiger partial charge is 0.256 e. The number of carbonyl (C=O) groups excluding carboxylic acids is 1. The number of aromatic nitrogens is 4. The standard InChI is InChI=1S/C32H55N5O4Si5/c1-32(2,3)45(13,14)40-23-20-24-37-29-25(28(33-21-34-29)36-31(38)22-18-16-15-17-19-22)35-30(37)27(26(23)39-24)41-46(42(4,5)6,43(7,8)9)44(10,11)12/h15-19,21,23-24,26-27H,20H2,1-14H3,(H,33,34,36,38)/t23-,24+,26+,27+/m0/s1. The van der Waals surface area contributed by atoms with Crippen molar-refractivity contribution >= 4 is 60.9 Å². The van der Waals surface area contributed by atoms with Gasteiger partial charge in [0.1, 0.15) is 30.6 Å². The van der Waals surface area contributed by atoms with Gasteiger partial charge in [-0.25, -0.2) is 15.0 Å². The maximum Gasteiger partial charge on any atom is 0.256 e. The molecule has 252 valence electrons. The first-order chi connectivity index (χ1) is 21.0. The van der Waals surface area contributed by atoms with E-state index in [0.29, 0.717) is 29.0 Å². The van der Waals surface area contributed by atoms with Gasteiger partial charge in [-0.05, 0) is 30.3 Å². The third kappa shape index (κ3) is 5.90. The first-order valence-corrected chi connectivity index (χ1v) is 34.9. The number of carbonyl (C=O) groups is 1. The molecule has 4 atom stereocenters. The van der Waals surface area contributed by atoms with E-state index < -0.39 is 44.1 Å². The number of amides is 1. The molecular weight excluding hydrogens is 659 g/mol. The van der Waals surface area contributed by atoms with Gasteiger partial charge in [0.15, 0.2) is 32.2 Å². The first-order valence-electron chi connectivity index (χ1n) is 16.6. The third-order valence-electron chi connectivity index (χ3n) is 10.5. The Kier molecular flexibility index (Phi) is 9.01. The van der Waals surface area contributed by atoms with Crippen LogP contribution < -0.4 is 5.32 Å². The fourth-order valence-corrected chi connectivity index (χ4v) is 103. The topological polar surface area (TPSA) is 100 Å². The summed E-state index contributed by atoms with van der Waals surface area (Å²) >= 11 is 0. The maximum atomic E-state index is 13.2. The van der Waals surface area contributed by atoms with E-state index >= 15 is 0 Å². The first kappa shape index (κ1) is 35.5. The highest BCUT2D eigenvalue weighted by molar-refractivity contribution is 7.87. The molecule has 0 unspecified atom stereocenters. The van der Waals surface area contributed by atoms with Crippen molar-refractivity contribution in [1.29, 1.82) is 0 Å². The molecule has 1 aromatic carbocycles. The van der Waals surface area contributed by atoms with Crippen molar-refractivity contribution in [3.05, 3.63) is 48.0 Å². The van der Waals surface area contributed by atoms with E-state index in [4.69, 9.17) is 23.6 Å². The monoisotopic (exact) mass is 713 g/mol. The highest BCUT2D eigenvalue weighted by atomic mass is 29.9. The van der Waals surface area contributed by atoms with Crippen molar-refractivity contribution < 1.29 is 18.4 Å². The predicted molar refractivity (Wildman–Crippen MR) is 200 cm³/mol. The molecule has 46 heavy (non-hydrogen) atoms. The van der Waals surface area contributed by atoms with Crippen LogP contribution >= 0.6 is 0 Å². The molecule has 9 nitrogen and oxygen atoms in total. The van der Waals surface area contributed by atoms with Crippen LogP contribution in [-0.2, 0) is 13.6 Å². The van der Waals surface area contributed by atoms with Gasteiger partial charge in [0.2, 0.25) is 0 Å². The van der Waals surface area contributed by atoms with Gasteiger partial charge in [0, 0.05) is 12.0 Å². The van der Waals surface area contributed by atoms with Crippen LogP contribution in [0.4, 0.5) is 5.82 Å². The largest absolute Gasteiger partial charge is 0.414 e. The van der Waals surface area contributed by atoms with E-state index in [-0.39, 0.29) is 29.4 Å². The van der Waals surface area contributed by atoms with Gasteiger partial charge in [0.25, 0.3) is 5.91 Å². The zero-order chi connectivity index (χ0) is 34.3. The number of fused-ring (bicyclic) bond motifs is 6. The fraction of sp³-hybridized carbons (Fsp3) is 0.625. The molecule has 2 bridgehead atoms. The van der Waals surface area contributed by atoms with Crippen molar-refractivity contribution in [2.45, 2.75) is 129 Å². The fourth-order valence-electron chi connectivity index (χ4n) is 8.39. The molecule has 4 heterocycles. The number of rotatable bonds is 9. The molecular formula is C32H55N5O4Si5. The lowest BCUT2D eigenvalue weighted by Crippen LogP contribution is -2.84. The van der Waals surface area contributed by atoms with Crippen LogP contribution in [0.15, 0.2) is 36.7 Å². The van der Waals surface area contributed by atoms with Crippen molar-refractivity contribution in [2.75, 3.05) is 5.32 Å². The van der Waals surface area contributed by atoms with Crippen LogP contribution in [0.5, 0.6) is 0 Å². The molecule has 2 aliphatic rings. The van der Waals surface area contributed by atoms with Crippen LogP contribution in [-0.4, -0.2) is 75.6 Å². The van der Waals surface area contributed by atoms with Gasteiger partial charge in [0.05, 0.1) is 28.9 Å². The molecule has 1 saturated heterocycles. The molecule has 14 heteroatoms. The quantitative estimate of drug-likeness (QED) is 0.224. The summed E-state index contributed by atoms with van der Waals surface area (Å²) in [5.41, 5.74) is 1.78. The molecule has 3 aromatic rings. The Morgan fingerprint density at radius 1 is 0.891 bits per heavy atom. The van der Waals surface area contributed by atoms with Gasteiger partial charge in [-0.1, -0.05) is 97.9 Å². The minimum Gasteiger partial charge on any atom is -0.414 e. The highest BCUT2D eigenvalue weighted by Crippen LogP contribution is 2.52. The Hall–Kier alpha value is -1.80. The Balaban J connectivity index is 1.68. The number of ether oxygens (including phenoxy) is 1. The average molecular weight is 714 g/mol. The average Bonchev–Trinajstić information content (AvgIpc) is 3.46. The van der Waals surface area contributed by atoms with Crippen LogP contribution in [0, 0.1) is 0 Å². The number of nitrogens with one attached hydrogen (secondary N) is 1. The lowest BCUT2D eigenvalue weighted by atomic mass is 10.1.